The van der Waals surface area contributed by atoms with E-state index in [1.165, 1.54) is 24.3 Å². The third-order valence-electron chi connectivity index (χ3n) is 4.35. The maximum Gasteiger partial charge on any atom is 0.433 e. The van der Waals surface area contributed by atoms with Gasteiger partial charge in [0.1, 0.15) is 29.6 Å². The van der Waals surface area contributed by atoms with Crippen LogP contribution in [0.2, 0.25) is 0 Å². The van der Waals surface area contributed by atoms with Gasteiger partial charge in [0.25, 0.3) is 11.8 Å². The zero-order valence-corrected chi connectivity index (χ0v) is 17.0. The predicted molar refractivity (Wildman–Crippen MR) is 110 cm³/mol. The van der Waals surface area contributed by atoms with E-state index in [-0.39, 0.29) is 30.4 Å². The van der Waals surface area contributed by atoms with Crippen molar-refractivity contribution in [2.45, 2.75) is 13.2 Å². The summed E-state index contributed by atoms with van der Waals surface area (Å²) in [4.78, 5) is 57.9. The Morgan fingerprint density at radius 2 is 1.85 bits per heavy atom. The Balaban J connectivity index is 1.58. The summed E-state index contributed by atoms with van der Waals surface area (Å²) in [6.07, 6.45) is 2.08. The third-order valence-corrected chi connectivity index (χ3v) is 4.35. The summed E-state index contributed by atoms with van der Waals surface area (Å²) in [6.45, 7) is -1.47. The minimum atomic E-state index is -0.712. The fourth-order valence-electron chi connectivity index (χ4n) is 2.75. The first-order valence-corrected chi connectivity index (χ1v) is 9.46. The Bertz CT molecular complexity index is 1120. The van der Waals surface area contributed by atoms with Gasteiger partial charge in [-0.2, -0.15) is 0 Å². The Labute approximate surface area is 185 Å². The molecule has 0 fully saturated rings. The molecule has 2 aromatic rings. The van der Waals surface area contributed by atoms with Crippen LogP contribution in [0.15, 0.2) is 46.9 Å². The van der Waals surface area contributed by atoms with Gasteiger partial charge in [-0.15, -0.1) is 0 Å². The fourth-order valence-corrected chi connectivity index (χ4v) is 2.75. The highest BCUT2D eigenvalue weighted by molar-refractivity contribution is 6.14. The quantitative estimate of drug-likeness (QED) is 0.255. The number of carbonyl (C=O) groups is 4. The van der Waals surface area contributed by atoms with Crippen molar-refractivity contribution in [3.63, 3.8) is 0 Å². The molecule has 2 heterocycles. The normalized spacial score (nSPS) is 12.7. The summed E-state index contributed by atoms with van der Waals surface area (Å²) in [5, 5.41) is 24.9. The van der Waals surface area contributed by atoms with Gasteiger partial charge in [0.2, 0.25) is 11.8 Å². The lowest BCUT2D eigenvalue weighted by atomic mass is 10.2. The number of furan rings is 1. The molecule has 0 aliphatic carbocycles. The van der Waals surface area contributed by atoms with E-state index < -0.39 is 47.5 Å². The number of benzene rings is 1. The van der Waals surface area contributed by atoms with Gasteiger partial charge < -0.3 is 24.9 Å². The van der Waals surface area contributed by atoms with Crippen LogP contribution in [0.3, 0.4) is 0 Å². The van der Waals surface area contributed by atoms with Crippen molar-refractivity contribution in [3.8, 4) is 5.75 Å². The highest BCUT2D eigenvalue weighted by Gasteiger charge is 2.25. The molecule has 0 bridgehead atoms. The average molecular weight is 458 g/mol. The number of aliphatic hydroxyl groups is 1. The number of aliphatic hydroxyl groups excluding tert-OH is 1. The molecule has 3 rings (SSSR count). The van der Waals surface area contributed by atoms with Crippen LogP contribution < -0.4 is 15.4 Å². The molecule has 4 amide bonds. The first-order valence-electron chi connectivity index (χ1n) is 9.46. The first kappa shape index (κ1) is 23.1. The van der Waals surface area contributed by atoms with Crippen LogP contribution >= 0.6 is 0 Å². The maximum absolute atomic E-state index is 12.3. The molecule has 1 aromatic heterocycles. The molecule has 13 heteroatoms. The van der Waals surface area contributed by atoms with Crippen molar-refractivity contribution in [2.24, 2.45) is 0 Å². The van der Waals surface area contributed by atoms with E-state index in [1.807, 2.05) is 0 Å². The molecule has 0 saturated heterocycles. The zero-order chi connectivity index (χ0) is 24.0. The summed E-state index contributed by atoms with van der Waals surface area (Å²) < 4.78 is 10.6. The summed E-state index contributed by atoms with van der Waals surface area (Å²) in [6, 6.07) is 7.04. The molecule has 0 spiro atoms. The van der Waals surface area contributed by atoms with Crippen LogP contribution in [0.25, 0.3) is 0 Å². The molecule has 1 aliphatic rings. The molecule has 1 aromatic carbocycles. The van der Waals surface area contributed by atoms with Crippen molar-refractivity contribution in [1.82, 2.24) is 10.2 Å². The first-order chi connectivity index (χ1) is 15.8. The van der Waals surface area contributed by atoms with Gasteiger partial charge in [0.05, 0.1) is 24.9 Å². The van der Waals surface area contributed by atoms with Crippen LogP contribution in [-0.4, -0.2) is 51.6 Å². The van der Waals surface area contributed by atoms with Gasteiger partial charge in [-0.1, -0.05) is 6.07 Å². The number of imide groups is 1. The molecular weight excluding hydrogens is 440 g/mol. The Hall–Kier alpha value is -4.52. The molecule has 0 unspecified atom stereocenters. The van der Waals surface area contributed by atoms with Crippen LogP contribution in [0, 0.1) is 10.1 Å². The molecule has 0 radical (unpaired) electrons. The Morgan fingerprint density at radius 1 is 1.12 bits per heavy atom. The number of ether oxygens (including phenoxy) is 1. The zero-order valence-electron chi connectivity index (χ0n) is 17.0. The van der Waals surface area contributed by atoms with Gasteiger partial charge in [-0.05, 0) is 23.8 Å². The SMILES string of the molecule is O=C(CN1C(=O)C=CC1=O)NCC(=O)Nc1cc(CO)ccc1OCc1ccc([N+](=O)[O-])o1. The van der Waals surface area contributed by atoms with Crippen LogP contribution in [0.1, 0.15) is 11.3 Å². The minimum absolute atomic E-state index is 0.169. The number of nitrogens with one attached hydrogen (secondary N) is 2. The second kappa shape index (κ2) is 10.2. The number of hydrogen-bond donors (Lipinski definition) is 3. The number of nitrogens with zero attached hydrogens (tertiary/aromatic N) is 2. The molecule has 33 heavy (non-hydrogen) atoms. The monoisotopic (exact) mass is 458 g/mol. The molecule has 13 nitrogen and oxygen atoms in total. The van der Waals surface area contributed by atoms with Crippen molar-refractivity contribution >= 4 is 35.2 Å². The largest absolute Gasteiger partial charge is 0.483 e. The van der Waals surface area contributed by atoms with Gasteiger partial charge in [0.15, 0.2) is 0 Å². The molecular formula is C20H18N4O9. The topological polar surface area (TPSA) is 181 Å². The lowest BCUT2D eigenvalue weighted by Gasteiger charge is -2.15. The number of rotatable bonds is 10. The standard InChI is InChI=1S/C20H18N4O9/c25-10-12-1-3-15(32-11-13-2-6-20(33-13)24(30)31)14(7-12)22-16(26)8-21-17(27)9-23-18(28)4-5-19(23)29/h1-7,25H,8-11H2,(H,21,27)(H,22,26). The lowest BCUT2D eigenvalue weighted by Crippen LogP contribution is -2.42. The number of carbonyl (C=O) groups excluding carboxylic acids is 4. The Kier molecular flexibility index (Phi) is 7.15. The molecule has 1 aliphatic heterocycles. The second-order valence-electron chi connectivity index (χ2n) is 6.70. The van der Waals surface area contributed by atoms with E-state index in [1.54, 1.807) is 6.07 Å². The molecule has 0 saturated carbocycles. The van der Waals surface area contributed by atoms with Crippen LogP contribution in [-0.2, 0) is 32.4 Å². The van der Waals surface area contributed by atoms with Crippen molar-refractivity contribution in [3.05, 3.63) is 63.9 Å². The van der Waals surface area contributed by atoms with Crippen molar-refractivity contribution < 1.29 is 38.4 Å². The third kappa shape index (κ3) is 6.01. The molecule has 3 N–H and O–H groups in total. The van der Waals surface area contributed by atoms with Crippen molar-refractivity contribution in [2.75, 3.05) is 18.4 Å². The highest BCUT2D eigenvalue weighted by atomic mass is 16.6. The molecule has 172 valence electrons. The van der Waals surface area contributed by atoms with Crippen LogP contribution in [0.4, 0.5) is 11.6 Å². The summed E-state index contributed by atoms with van der Waals surface area (Å²) in [7, 11) is 0. The number of nitro groups is 1. The number of anilines is 1. The smallest absolute Gasteiger partial charge is 0.433 e. The highest BCUT2D eigenvalue weighted by Crippen LogP contribution is 2.27. The van der Waals surface area contributed by atoms with Gasteiger partial charge in [0, 0.05) is 12.2 Å². The van der Waals surface area contributed by atoms with Gasteiger partial charge in [-0.25, -0.2) is 0 Å². The van der Waals surface area contributed by atoms with E-state index >= 15 is 0 Å². The van der Waals surface area contributed by atoms with E-state index in [0.717, 1.165) is 17.1 Å². The van der Waals surface area contributed by atoms with E-state index in [9.17, 15) is 34.4 Å². The maximum atomic E-state index is 12.3. The predicted octanol–water partition coefficient (Wildman–Crippen LogP) is 0.239. The second-order valence-corrected chi connectivity index (χ2v) is 6.70. The summed E-state index contributed by atoms with van der Waals surface area (Å²) >= 11 is 0. The minimum Gasteiger partial charge on any atom is -0.483 e. The van der Waals surface area contributed by atoms with E-state index in [4.69, 9.17) is 9.15 Å². The average Bonchev–Trinajstić information content (AvgIpc) is 3.39. The Morgan fingerprint density at radius 3 is 2.48 bits per heavy atom. The number of amides is 4. The lowest BCUT2D eigenvalue weighted by molar-refractivity contribution is -0.402. The summed E-state index contributed by atoms with van der Waals surface area (Å²) in [5.74, 6) is -2.68. The van der Waals surface area contributed by atoms with E-state index in [0.29, 0.717) is 5.56 Å². The fraction of sp³-hybridized carbons (Fsp3) is 0.200. The van der Waals surface area contributed by atoms with E-state index in [2.05, 4.69) is 10.6 Å². The summed E-state index contributed by atoms with van der Waals surface area (Å²) in [5.41, 5.74) is 0.643. The van der Waals surface area contributed by atoms with Crippen molar-refractivity contribution in [1.29, 1.82) is 0 Å². The molecule has 0 atom stereocenters. The van der Waals surface area contributed by atoms with Gasteiger partial charge in [-0.3, -0.25) is 34.2 Å². The van der Waals surface area contributed by atoms with Crippen LogP contribution in [0.5, 0.6) is 5.75 Å². The van der Waals surface area contributed by atoms with Gasteiger partial charge >= 0.3 is 5.88 Å². The number of hydrogen-bond acceptors (Lipinski definition) is 9.